The van der Waals surface area contributed by atoms with Gasteiger partial charge in [-0.3, -0.25) is 4.68 Å². The molecular formula is C12H11ClN2O3. The minimum atomic E-state index is -1.07. The predicted octanol–water partition coefficient (Wildman–Crippen LogP) is 2.31. The van der Waals surface area contributed by atoms with Crippen LogP contribution in [0.25, 0.3) is 0 Å². The molecule has 6 heteroatoms. The van der Waals surface area contributed by atoms with E-state index in [0.717, 1.165) is 0 Å². The van der Waals surface area contributed by atoms with Crippen LogP contribution in [-0.4, -0.2) is 27.5 Å². The van der Waals surface area contributed by atoms with E-state index in [1.807, 2.05) is 12.3 Å². The third-order valence-electron chi connectivity index (χ3n) is 2.32. The van der Waals surface area contributed by atoms with Crippen molar-refractivity contribution in [3.8, 4) is 5.75 Å². The molecule has 18 heavy (non-hydrogen) atoms. The van der Waals surface area contributed by atoms with Crippen molar-refractivity contribution in [3.63, 3.8) is 0 Å². The second-order valence-electron chi connectivity index (χ2n) is 3.56. The molecule has 0 unspecified atom stereocenters. The van der Waals surface area contributed by atoms with Crippen molar-refractivity contribution in [1.82, 2.24) is 9.78 Å². The van der Waals surface area contributed by atoms with Gasteiger partial charge in [-0.2, -0.15) is 5.10 Å². The summed E-state index contributed by atoms with van der Waals surface area (Å²) in [7, 11) is 0. The van der Waals surface area contributed by atoms with E-state index in [1.165, 1.54) is 12.1 Å². The maximum Gasteiger partial charge on any atom is 0.337 e. The quantitative estimate of drug-likeness (QED) is 0.902. The van der Waals surface area contributed by atoms with Gasteiger partial charge in [0.1, 0.15) is 12.4 Å². The fourth-order valence-electron chi connectivity index (χ4n) is 1.45. The van der Waals surface area contributed by atoms with E-state index >= 15 is 0 Å². The van der Waals surface area contributed by atoms with E-state index in [-0.39, 0.29) is 10.6 Å². The van der Waals surface area contributed by atoms with Crippen molar-refractivity contribution in [1.29, 1.82) is 0 Å². The van der Waals surface area contributed by atoms with Gasteiger partial charge in [-0.05, 0) is 24.3 Å². The highest BCUT2D eigenvalue weighted by Crippen LogP contribution is 2.22. The Morgan fingerprint density at radius 3 is 3.00 bits per heavy atom. The molecule has 0 atom stereocenters. The maximum absolute atomic E-state index is 10.9. The fourth-order valence-corrected chi connectivity index (χ4v) is 1.65. The number of benzene rings is 1. The predicted molar refractivity (Wildman–Crippen MR) is 66.1 cm³/mol. The Labute approximate surface area is 109 Å². The number of rotatable bonds is 5. The van der Waals surface area contributed by atoms with Gasteiger partial charge in [0.25, 0.3) is 0 Å². The molecule has 0 saturated carbocycles. The summed E-state index contributed by atoms with van der Waals surface area (Å²) in [5, 5.41) is 13.1. The molecule has 1 heterocycles. The van der Waals surface area contributed by atoms with Gasteiger partial charge in [0, 0.05) is 12.4 Å². The Bertz CT molecular complexity index is 540. The number of aromatic carboxylic acids is 1. The number of nitrogens with zero attached hydrogens (tertiary/aromatic N) is 2. The highest BCUT2D eigenvalue weighted by Gasteiger charge is 2.09. The Morgan fingerprint density at radius 2 is 2.33 bits per heavy atom. The van der Waals surface area contributed by atoms with Crippen molar-refractivity contribution in [2.24, 2.45) is 0 Å². The molecule has 0 aliphatic rings. The van der Waals surface area contributed by atoms with Crippen LogP contribution in [0.1, 0.15) is 10.4 Å². The molecule has 0 radical (unpaired) electrons. The van der Waals surface area contributed by atoms with Crippen LogP contribution in [0.15, 0.2) is 36.7 Å². The Balaban J connectivity index is 1.97. The summed E-state index contributed by atoms with van der Waals surface area (Å²) in [5.41, 5.74) is 0.0354. The molecule has 1 aromatic heterocycles. The maximum atomic E-state index is 10.9. The highest BCUT2D eigenvalue weighted by atomic mass is 35.5. The normalized spacial score (nSPS) is 10.3. The molecule has 0 saturated heterocycles. The lowest BCUT2D eigenvalue weighted by Gasteiger charge is -2.07. The standard InChI is InChI=1S/C12H11ClN2O3/c13-11-3-2-9(8-10(11)12(16)17)18-7-6-15-5-1-4-14-15/h1-5,8H,6-7H2,(H,16,17). The van der Waals surface area contributed by atoms with Crippen molar-refractivity contribution in [2.45, 2.75) is 6.54 Å². The minimum Gasteiger partial charge on any atom is -0.492 e. The van der Waals surface area contributed by atoms with Gasteiger partial charge in [-0.25, -0.2) is 4.79 Å². The zero-order valence-electron chi connectivity index (χ0n) is 9.41. The van der Waals surface area contributed by atoms with Gasteiger partial charge in [0.2, 0.25) is 0 Å². The summed E-state index contributed by atoms with van der Waals surface area (Å²) >= 11 is 5.76. The van der Waals surface area contributed by atoms with Gasteiger partial charge in [0.05, 0.1) is 17.1 Å². The van der Waals surface area contributed by atoms with Crippen LogP contribution >= 0.6 is 11.6 Å². The van der Waals surface area contributed by atoms with Crippen LogP contribution in [0.2, 0.25) is 5.02 Å². The monoisotopic (exact) mass is 266 g/mol. The number of carboxylic acid groups (broad SMARTS) is 1. The fraction of sp³-hybridized carbons (Fsp3) is 0.167. The van der Waals surface area contributed by atoms with Crippen LogP contribution in [-0.2, 0) is 6.54 Å². The molecular weight excluding hydrogens is 256 g/mol. The first-order chi connectivity index (χ1) is 8.66. The van der Waals surface area contributed by atoms with Crippen LogP contribution in [0.4, 0.5) is 0 Å². The molecule has 0 aliphatic heterocycles. The third kappa shape index (κ3) is 3.01. The van der Waals surface area contributed by atoms with E-state index in [9.17, 15) is 4.79 Å². The number of aromatic nitrogens is 2. The second kappa shape index (κ2) is 5.55. The molecule has 2 rings (SSSR count). The number of hydrogen-bond donors (Lipinski definition) is 1. The minimum absolute atomic E-state index is 0.0354. The average Bonchev–Trinajstić information content (AvgIpc) is 2.84. The number of ether oxygens (including phenoxy) is 1. The van der Waals surface area contributed by atoms with Crippen molar-refractivity contribution < 1.29 is 14.6 Å². The summed E-state index contributed by atoms with van der Waals surface area (Å²) in [5.74, 6) is -0.596. The summed E-state index contributed by atoms with van der Waals surface area (Å²) < 4.78 is 7.17. The topological polar surface area (TPSA) is 64.3 Å². The van der Waals surface area contributed by atoms with Gasteiger partial charge in [0.15, 0.2) is 0 Å². The van der Waals surface area contributed by atoms with E-state index in [1.54, 1.807) is 16.9 Å². The molecule has 0 bridgehead atoms. The number of carbonyl (C=O) groups is 1. The summed E-state index contributed by atoms with van der Waals surface area (Å²) in [6.07, 6.45) is 3.51. The van der Waals surface area contributed by atoms with Crippen LogP contribution in [0.3, 0.4) is 0 Å². The van der Waals surface area contributed by atoms with Crippen LogP contribution in [0.5, 0.6) is 5.75 Å². The zero-order chi connectivity index (χ0) is 13.0. The molecule has 1 aromatic carbocycles. The average molecular weight is 267 g/mol. The van der Waals surface area contributed by atoms with E-state index in [4.69, 9.17) is 21.4 Å². The zero-order valence-corrected chi connectivity index (χ0v) is 10.2. The second-order valence-corrected chi connectivity index (χ2v) is 3.97. The molecule has 0 aliphatic carbocycles. The molecule has 94 valence electrons. The first kappa shape index (κ1) is 12.4. The highest BCUT2D eigenvalue weighted by molar-refractivity contribution is 6.33. The SMILES string of the molecule is O=C(O)c1cc(OCCn2cccn2)ccc1Cl. The Morgan fingerprint density at radius 1 is 1.50 bits per heavy atom. The first-order valence-electron chi connectivity index (χ1n) is 5.30. The Hall–Kier alpha value is -2.01. The molecule has 2 aromatic rings. The summed E-state index contributed by atoms with van der Waals surface area (Å²) in [6, 6.07) is 6.38. The van der Waals surface area contributed by atoms with E-state index < -0.39 is 5.97 Å². The largest absolute Gasteiger partial charge is 0.492 e. The number of halogens is 1. The molecule has 1 N–H and O–H groups in total. The van der Waals surface area contributed by atoms with Crippen LogP contribution in [0, 0.1) is 0 Å². The number of carboxylic acids is 1. The van der Waals surface area contributed by atoms with Crippen molar-refractivity contribution in [2.75, 3.05) is 6.61 Å². The summed E-state index contributed by atoms with van der Waals surface area (Å²) in [4.78, 5) is 10.9. The van der Waals surface area contributed by atoms with Crippen molar-refractivity contribution in [3.05, 3.63) is 47.2 Å². The molecule has 0 amide bonds. The van der Waals surface area contributed by atoms with E-state index in [0.29, 0.717) is 18.9 Å². The van der Waals surface area contributed by atoms with Gasteiger partial charge in [-0.1, -0.05) is 11.6 Å². The molecule has 0 spiro atoms. The summed E-state index contributed by atoms with van der Waals surface area (Å²) in [6.45, 7) is 1.00. The smallest absolute Gasteiger partial charge is 0.337 e. The van der Waals surface area contributed by atoms with Gasteiger partial charge in [-0.15, -0.1) is 0 Å². The number of hydrogen-bond acceptors (Lipinski definition) is 3. The van der Waals surface area contributed by atoms with Gasteiger partial charge >= 0.3 is 5.97 Å². The lowest BCUT2D eigenvalue weighted by atomic mass is 10.2. The van der Waals surface area contributed by atoms with Gasteiger partial charge < -0.3 is 9.84 Å². The van der Waals surface area contributed by atoms with Crippen molar-refractivity contribution >= 4 is 17.6 Å². The molecule has 5 nitrogen and oxygen atoms in total. The van der Waals surface area contributed by atoms with E-state index in [2.05, 4.69) is 5.10 Å². The third-order valence-corrected chi connectivity index (χ3v) is 2.65. The van der Waals surface area contributed by atoms with Crippen LogP contribution < -0.4 is 4.74 Å². The molecule has 0 fully saturated rings. The first-order valence-corrected chi connectivity index (χ1v) is 5.67. The Kier molecular flexibility index (Phi) is 3.84. The lowest BCUT2D eigenvalue weighted by Crippen LogP contribution is -2.09. The lowest BCUT2D eigenvalue weighted by molar-refractivity contribution is 0.0696.